The number of aromatic nitrogens is 1. The Hall–Kier alpha value is -1.85. The van der Waals surface area contributed by atoms with E-state index in [-0.39, 0.29) is 24.8 Å². The third-order valence-corrected chi connectivity index (χ3v) is 3.51. The van der Waals surface area contributed by atoms with Crippen LogP contribution in [0.5, 0.6) is 0 Å². The van der Waals surface area contributed by atoms with Gasteiger partial charge in [0.15, 0.2) is 0 Å². The van der Waals surface area contributed by atoms with Crippen LogP contribution < -0.4 is 5.32 Å². The third-order valence-electron chi connectivity index (χ3n) is 3.26. The van der Waals surface area contributed by atoms with Crippen molar-refractivity contribution in [3.05, 3.63) is 41.2 Å². The summed E-state index contributed by atoms with van der Waals surface area (Å²) in [4.78, 5) is 16.1. The van der Waals surface area contributed by atoms with Gasteiger partial charge in [0.25, 0.3) is 0 Å². The van der Waals surface area contributed by atoms with E-state index in [1.54, 1.807) is 24.3 Å². The summed E-state index contributed by atoms with van der Waals surface area (Å²) in [6.07, 6.45) is 1.02. The standard InChI is InChI=1S/C16H19ClN2O3/c1-10(2)14(20)8-18-15(21)7-13-9-22-16(19-13)11-3-5-12(17)6-4-11/h3-6,9-10,14,20H,7-8H2,1-2H3,(H,18,21). The van der Waals surface area contributed by atoms with Crippen molar-refractivity contribution in [2.45, 2.75) is 26.4 Å². The first-order valence-corrected chi connectivity index (χ1v) is 7.48. The largest absolute Gasteiger partial charge is 0.444 e. The van der Waals surface area contributed by atoms with E-state index in [0.717, 1.165) is 5.56 Å². The van der Waals surface area contributed by atoms with Crippen molar-refractivity contribution in [3.63, 3.8) is 0 Å². The fourth-order valence-electron chi connectivity index (χ4n) is 1.79. The van der Waals surface area contributed by atoms with Crippen molar-refractivity contribution >= 4 is 17.5 Å². The molecule has 0 aliphatic heterocycles. The third kappa shape index (κ3) is 4.58. The lowest BCUT2D eigenvalue weighted by molar-refractivity contribution is -0.121. The van der Waals surface area contributed by atoms with Crippen LogP contribution in [-0.4, -0.2) is 28.6 Å². The van der Waals surface area contributed by atoms with Gasteiger partial charge in [-0.2, -0.15) is 0 Å². The first kappa shape index (κ1) is 16.5. The Labute approximate surface area is 134 Å². The number of hydrogen-bond acceptors (Lipinski definition) is 4. The van der Waals surface area contributed by atoms with E-state index in [2.05, 4.69) is 10.3 Å². The van der Waals surface area contributed by atoms with Gasteiger partial charge in [-0.15, -0.1) is 0 Å². The molecule has 1 amide bonds. The molecule has 5 nitrogen and oxygen atoms in total. The van der Waals surface area contributed by atoms with Crippen LogP contribution in [0, 0.1) is 5.92 Å². The van der Waals surface area contributed by atoms with Gasteiger partial charge in [0, 0.05) is 17.1 Å². The zero-order chi connectivity index (χ0) is 16.1. The second-order valence-corrected chi connectivity index (χ2v) is 5.88. The SMILES string of the molecule is CC(C)C(O)CNC(=O)Cc1coc(-c2ccc(Cl)cc2)n1. The summed E-state index contributed by atoms with van der Waals surface area (Å²) in [5.41, 5.74) is 1.34. The highest BCUT2D eigenvalue weighted by Gasteiger charge is 2.13. The molecule has 1 aromatic carbocycles. The van der Waals surface area contributed by atoms with Gasteiger partial charge in [-0.05, 0) is 30.2 Å². The van der Waals surface area contributed by atoms with Gasteiger partial charge in [0.05, 0.1) is 18.2 Å². The van der Waals surface area contributed by atoms with Crippen LogP contribution in [0.25, 0.3) is 11.5 Å². The second-order valence-electron chi connectivity index (χ2n) is 5.44. The molecule has 1 unspecified atom stereocenters. The zero-order valence-corrected chi connectivity index (χ0v) is 13.3. The van der Waals surface area contributed by atoms with Crippen LogP contribution in [0.4, 0.5) is 0 Å². The Morgan fingerprint density at radius 2 is 2.05 bits per heavy atom. The van der Waals surface area contributed by atoms with E-state index in [0.29, 0.717) is 16.6 Å². The first-order valence-electron chi connectivity index (χ1n) is 7.11. The number of rotatable bonds is 6. The Morgan fingerprint density at radius 3 is 2.68 bits per heavy atom. The molecule has 2 aromatic rings. The highest BCUT2D eigenvalue weighted by Crippen LogP contribution is 2.20. The monoisotopic (exact) mass is 322 g/mol. The molecule has 0 aliphatic carbocycles. The molecule has 2 N–H and O–H groups in total. The van der Waals surface area contributed by atoms with Gasteiger partial charge in [-0.25, -0.2) is 4.98 Å². The molecule has 0 fully saturated rings. The summed E-state index contributed by atoms with van der Waals surface area (Å²) in [5, 5.41) is 13.0. The molecule has 0 aliphatic rings. The Kier molecular flexibility index (Phi) is 5.57. The minimum atomic E-state index is -0.550. The number of nitrogens with one attached hydrogen (secondary N) is 1. The lowest BCUT2D eigenvalue weighted by Crippen LogP contribution is -2.35. The molecule has 0 saturated heterocycles. The van der Waals surface area contributed by atoms with E-state index in [1.165, 1.54) is 6.26 Å². The van der Waals surface area contributed by atoms with Crippen LogP contribution in [0.2, 0.25) is 5.02 Å². The van der Waals surface area contributed by atoms with E-state index >= 15 is 0 Å². The Balaban J connectivity index is 1.91. The number of benzene rings is 1. The van der Waals surface area contributed by atoms with Crippen molar-refractivity contribution in [2.75, 3.05) is 6.54 Å². The number of amides is 1. The van der Waals surface area contributed by atoms with Crippen LogP contribution >= 0.6 is 11.6 Å². The summed E-state index contributed by atoms with van der Waals surface area (Å²) in [6.45, 7) is 4.03. The number of carbonyl (C=O) groups excluding carboxylic acids is 1. The maximum atomic E-state index is 11.8. The second kappa shape index (κ2) is 7.42. The van der Waals surface area contributed by atoms with Crippen LogP contribution in [0.1, 0.15) is 19.5 Å². The summed E-state index contributed by atoms with van der Waals surface area (Å²) in [5.74, 6) is 0.348. The molecule has 1 aromatic heterocycles. The van der Waals surface area contributed by atoms with E-state index in [4.69, 9.17) is 16.0 Å². The summed E-state index contributed by atoms with van der Waals surface area (Å²) < 4.78 is 5.37. The van der Waals surface area contributed by atoms with Crippen molar-refractivity contribution in [1.82, 2.24) is 10.3 Å². The fourth-order valence-corrected chi connectivity index (χ4v) is 1.92. The average Bonchev–Trinajstić information content (AvgIpc) is 2.93. The Bertz CT molecular complexity index is 623. The molecular weight excluding hydrogens is 304 g/mol. The molecule has 118 valence electrons. The number of nitrogens with zero attached hydrogens (tertiary/aromatic N) is 1. The van der Waals surface area contributed by atoms with Gasteiger partial charge >= 0.3 is 0 Å². The van der Waals surface area contributed by atoms with E-state index < -0.39 is 6.10 Å². The lowest BCUT2D eigenvalue weighted by atomic mass is 10.1. The number of halogens is 1. The topological polar surface area (TPSA) is 75.4 Å². The molecule has 6 heteroatoms. The number of oxazole rings is 1. The molecule has 2 rings (SSSR count). The van der Waals surface area contributed by atoms with E-state index in [1.807, 2.05) is 13.8 Å². The Morgan fingerprint density at radius 1 is 1.36 bits per heavy atom. The van der Waals surface area contributed by atoms with E-state index in [9.17, 15) is 9.90 Å². The van der Waals surface area contributed by atoms with Gasteiger partial charge in [-0.3, -0.25) is 4.79 Å². The minimum absolute atomic E-state index is 0.101. The highest BCUT2D eigenvalue weighted by atomic mass is 35.5. The average molecular weight is 323 g/mol. The first-order chi connectivity index (χ1) is 10.5. The van der Waals surface area contributed by atoms with Crippen LogP contribution in [0.3, 0.4) is 0 Å². The molecule has 0 bridgehead atoms. The van der Waals surface area contributed by atoms with Gasteiger partial charge < -0.3 is 14.8 Å². The normalized spacial score (nSPS) is 12.4. The molecule has 1 heterocycles. The quantitative estimate of drug-likeness (QED) is 0.857. The van der Waals surface area contributed by atoms with Crippen molar-refractivity contribution in [3.8, 4) is 11.5 Å². The van der Waals surface area contributed by atoms with Crippen molar-refractivity contribution in [1.29, 1.82) is 0 Å². The van der Waals surface area contributed by atoms with Crippen molar-refractivity contribution < 1.29 is 14.3 Å². The fraction of sp³-hybridized carbons (Fsp3) is 0.375. The summed E-state index contributed by atoms with van der Waals surface area (Å²) in [6, 6.07) is 7.11. The van der Waals surface area contributed by atoms with Crippen LogP contribution in [0.15, 0.2) is 34.9 Å². The van der Waals surface area contributed by atoms with Gasteiger partial charge in [0.1, 0.15) is 6.26 Å². The summed E-state index contributed by atoms with van der Waals surface area (Å²) in [7, 11) is 0. The van der Waals surface area contributed by atoms with Crippen molar-refractivity contribution in [2.24, 2.45) is 5.92 Å². The molecular formula is C16H19ClN2O3. The minimum Gasteiger partial charge on any atom is -0.444 e. The predicted molar refractivity (Wildman–Crippen MR) is 84.5 cm³/mol. The number of carbonyl (C=O) groups is 1. The maximum Gasteiger partial charge on any atom is 0.226 e. The van der Waals surface area contributed by atoms with Gasteiger partial charge in [0.2, 0.25) is 11.8 Å². The molecule has 0 spiro atoms. The number of aliphatic hydroxyl groups is 1. The zero-order valence-electron chi connectivity index (χ0n) is 12.5. The van der Waals surface area contributed by atoms with Crippen LogP contribution in [-0.2, 0) is 11.2 Å². The maximum absolute atomic E-state index is 11.8. The summed E-state index contributed by atoms with van der Waals surface area (Å²) >= 11 is 5.83. The number of hydrogen-bond donors (Lipinski definition) is 2. The van der Waals surface area contributed by atoms with Gasteiger partial charge in [-0.1, -0.05) is 25.4 Å². The predicted octanol–water partition coefficient (Wildman–Crippen LogP) is 2.67. The molecule has 22 heavy (non-hydrogen) atoms. The number of aliphatic hydroxyl groups excluding tert-OH is 1. The molecule has 1 atom stereocenters. The molecule has 0 radical (unpaired) electrons. The lowest BCUT2D eigenvalue weighted by Gasteiger charge is -2.14. The highest BCUT2D eigenvalue weighted by molar-refractivity contribution is 6.30. The molecule has 0 saturated carbocycles. The smallest absolute Gasteiger partial charge is 0.226 e.